The van der Waals surface area contributed by atoms with Crippen molar-refractivity contribution in [3.63, 3.8) is 0 Å². The van der Waals surface area contributed by atoms with E-state index in [0.29, 0.717) is 27.8 Å². The average Bonchev–Trinajstić information content (AvgIpc) is 2.41. The number of halogens is 1. The summed E-state index contributed by atoms with van der Waals surface area (Å²) in [4.78, 5) is 16.0. The molecule has 5 nitrogen and oxygen atoms in total. The van der Waals surface area contributed by atoms with Gasteiger partial charge in [-0.15, -0.1) is 0 Å². The molecule has 0 aliphatic carbocycles. The van der Waals surface area contributed by atoms with Crippen LogP contribution in [-0.4, -0.2) is 18.0 Å². The van der Waals surface area contributed by atoms with E-state index in [1.54, 1.807) is 36.5 Å². The van der Waals surface area contributed by atoms with Gasteiger partial charge in [0.1, 0.15) is 5.75 Å². The molecule has 0 atom stereocenters. The zero-order valence-corrected chi connectivity index (χ0v) is 10.9. The Morgan fingerprint density at radius 3 is 2.84 bits per heavy atom. The number of nitrogens with one attached hydrogen (secondary N) is 1. The average molecular weight is 278 g/mol. The zero-order valence-electron chi connectivity index (χ0n) is 10.2. The van der Waals surface area contributed by atoms with Gasteiger partial charge in [0.25, 0.3) is 5.91 Å². The minimum absolute atomic E-state index is 0.296. The third kappa shape index (κ3) is 2.95. The van der Waals surface area contributed by atoms with Crippen LogP contribution in [0.1, 0.15) is 10.4 Å². The quantitative estimate of drug-likeness (QED) is 0.846. The van der Waals surface area contributed by atoms with Gasteiger partial charge in [0.2, 0.25) is 0 Å². The Kier molecular flexibility index (Phi) is 3.87. The van der Waals surface area contributed by atoms with E-state index in [4.69, 9.17) is 22.1 Å². The highest BCUT2D eigenvalue weighted by Gasteiger charge is 2.12. The first-order valence-corrected chi connectivity index (χ1v) is 5.85. The van der Waals surface area contributed by atoms with E-state index in [2.05, 4.69) is 10.3 Å². The van der Waals surface area contributed by atoms with Crippen molar-refractivity contribution in [1.82, 2.24) is 4.98 Å². The molecule has 98 valence electrons. The Morgan fingerprint density at radius 2 is 2.21 bits per heavy atom. The molecule has 1 heterocycles. The number of nitrogens with zero attached hydrogens (tertiary/aromatic N) is 1. The monoisotopic (exact) mass is 277 g/mol. The van der Waals surface area contributed by atoms with Crippen LogP contribution < -0.4 is 15.8 Å². The fourth-order valence-electron chi connectivity index (χ4n) is 1.53. The van der Waals surface area contributed by atoms with Crippen molar-refractivity contribution in [2.45, 2.75) is 0 Å². The highest BCUT2D eigenvalue weighted by molar-refractivity contribution is 6.33. The first-order chi connectivity index (χ1) is 9.11. The maximum absolute atomic E-state index is 12.1. The van der Waals surface area contributed by atoms with E-state index in [0.717, 1.165) is 0 Å². The number of amides is 1. The summed E-state index contributed by atoms with van der Waals surface area (Å²) in [7, 11) is 1.53. The van der Waals surface area contributed by atoms with Crippen molar-refractivity contribution < 1.29 is 9.53 Å². The van der Waals surface area contributed by atoms with Crippen molar-refractivity contribution in [2.75, 3.05) is 18.2 Å². The molecule has 19 heavy (non-hydrogen) atoms. The predicted molar refractivity (Wildman–Crippen MR) is 74.6 cm³/mol. The number of nitrogens with two attached hydrogens (primary N) is 1. The van der Waals surface area contributed by atoms with E-state index in [1.165, 1.54) is 7.11 Å². The van der Waals surface area contributed by atoms with E-state index < -0.39 is 0 Å². The standard InChI is InChI=1S/C13H12ClN3O2/c1-19-8-4-5-9(11(15)7-8)13(18)17-12-10(14)3-2-6-16-12/h2-7H,15H2,1H3,(H,16,17,18). The largest absolute Gasteiger partial charge is 0.497 e. The lowest BCUT2D eigenvalue weighted by atomic mass is 10.1. The maximum atomic E-state index is 12.1. The number of hydrogen-bond donors (Lipinski definition) is 2. The Bertz CT molecular complexity index is 617. The molecule has 2 aromatic rings. The smallest absolute Gasteiger partial charge is 0.258 e. The molecular formula is C13H12ClN3O2. The number of hydrogen-bond acceptors (Lipinski definition) is 4. The normalized spacial score (nSPS) is 10.0. The molecule has 2 rings (SSSR count). The minimum atomic E-state index is -0.374. The fraction of sp³-hybridized carbons (Fsp3) is 0.0769. The second-order valence-electron chi connectivity index (χ2n) is 3.74. The van der Waals surface area contributed by atoms with E-state index in [-0.39, 0.29) is 5.91 Å². The fourth-order valence-corrected chi connectivity index (χ4v) is 1.70. The second kappa shape index (κ2) is 5.58. The minimum Gasteiger partial charge on any atom is -0.497 e. The van der Waals surface area contributed by atoms with Crippen molar-refractivity contribution in [3.8, 4) is 5.75 Å². The Morgan fingerprint density at radius 1 is 1.42 bits per heavy atom. The Labute approximate surface area is 115 Å². The first kappa shape index (κ1) is 13.2. The van der Waals surface area contributed by atoms with Crippen molar-refractivity contribution in [1.29, 1.82) is 0 Å². The molecule has 0 saturated heterocycles. The number of benzene rings is 1. The third-order valence-electron chi connectivity index (χ3n) is 2.49. The van der Waals surface area contributed by atoms with Gasteiger partial charge in [0, 0.05) is 18.0 Å². The molecule has 0 bridgehead atoms. The predicted octanol–water partition coefficient (Wildman–Crippen LogP) is 2.58. The van der Waals surface area contributed by atoms with Gasteiger partial charge in [-0.25, -0.2) is 4.98 Å². The highest BCUT2D eigenvalue weighted by Crippen LogP contribution is 2.22. The summed E-state index contributed by atoms with van der Waals surface area (Å²) >= 11 is 5.91. The van der Waals surface area contributed by atoms with E-state index in [9.17, 15) is 4.79 Å². The summed E-state index contributed by atoms with van der Waals surface area (Å²) < 4.78 is 5.02. The molecular weight excluding hydrogens is 266 g/mol. The van der Waals surface area contributed by atoms with Crippen LogP contribution in [-0.2, 0) is 0 Å². The molecule has 1 amide bonds. The van der Waals surface area contributed by atoms with Crippen LogP contribution in [0, 0.1) is 0 Å². The van der Waals surface area contributed by atoms with Crippen LogP contribution in [0.4, 0.5) is 11.5 Å². The van der Waals surface area contributed by atoms with Crippen LogP contribution in [0.2, 0.25) is 5.02 Å². The number of anilines is 2. The van der Waals surface area contributed by atoms with Crippen molar-refractivity contribution >= 4 is 29.0 Å². The van der Waals surface area contributed by atoms with Gasteiger partial charge in [0.05, 0.1) is 17.7 Å². The van der Waals surface area contributed by atoms with Crippen LogP contribution in [0.25, 0.3) is 0 Å². The molecule has 1 aromatic carbocycles. The zero-order chi connectivity index (χ0) is 13.8. The molecule has 0 saturated carbocycles. The molecule has 0 fully saturated rings. The number of carbonyl (C=O) groups is 1. The molecule has 6 heteroatoms. The lowest BCUT2D eigenvalue weighted by Crippen LogP contribution is -2.15. The molecule has 0 radical (unpaired) electrons. The maximum Gasteiger partial charge on any atom is 0.258 e. The van der Waals surface area contributed by atoms with Gasteiger partial charge < -0.3 is 15.8 Å². The van der Waals surface area contributed by atoms with Crippen molar-refractivity contribution in [2.24, 2.45) is 0 Å². The number of methoxy groups -OCH3 is 1. The van der Waals surface area contributed by atoms with E-state index in [1.807, 2.05) is 0 Å². The molecule has 0 aliphatic rings. The van der Waals surface area contributed by atoms with Gasteiger partial charge in [-0.2, -0.15) is 0 Å². The molecule has 0 aliphatic heterocycles. The number of aromatic nitrogens is 1. The van der Waals surface area contributed by atoms with Crippen LogP contribution in [0.15, 0.2) is 36.5 Å². The van der Waals surface area contributed by atoms with E-state index >= 15 is 0 Å². The second-order valence-corrected chi connectivity index (χ2v) is 4.15. The Hall–Kier alpha value is -2.27. The summed E-state index contributed by atoms with van der Waals surface area (Å²) in [6, 6.07) is 8.14. The SMILES string of the molecule is COc1ccc(C(=O)Nc2ncccc2Cl)c(N)c1. The summed E-state index contributed by atoms with van der Waals surface area (Å²) in [5.74, 6) is 0.509. The lowest BCUT2D eigenvalue weighted by Gasteiger charge is -2.09. The first-order valence-electron chi connectivity index (χ1n) is 5.47. The molecule has 3 N–H and O–H groups in total. The number of carbonyl (C=O) groups excluding carboxylic acids is 1. The summed E-state index contributed by atoms with van der Waals surface area (Å²) in [6.07, 6.45) is 1.54. The van der Waals surface area contributed by atoms with Crippen LogP contribution in [0.3, 0.4) is 0 Å². The van der Waals surface area contributed by atoms with Crippen molar-refractivity contribution in [3.05, 3.63) is 47.1 Å². The molecule has 1 aromatic heterocycles. The van der Waals surface area contributed by atoms with Crippen LogP contribution >= 0.6 is 11.6 Å². The number of ether oxygens (including phenoxy) is 1. The van der Waals surface area contributed by atoms with Gasteiger partial charge in [-0.1, -0.05) is 11.6 Å². The summed E-state index contributed by atoms with van der Waals surface area (Å²) in [5, 5.41) is 2.97. The van der Waals surface area contributed by atoms with Gasteiger partial charge in [-0.3, -0.25) is 4.79 Å². The highest BCUT2D eigenvalue weighted by atomic mass is 35.5. The molecule has 0 spiro atoms. The van der Waals surface area contributed by atoms with Gasteiger partial charge in [-0.05, 0) is 24.3 Å². The van der Waals surface area contributed by atoms with Crippen LogP contribution in [0.5, 0.6) is 5.75 Å². The van der Waals surface area contributed by atoms with Gasteiger partial charge >= 0.3 is 0 Å². The third-order valence-corrected chi connectivity index (χ3v) is 2.80. The number of rotatable bonds is 3. The number of pyridine rings is 1. The topological polar surface area (TPSA) is 77.2 Å². The van der Waals surface area contributed by atoms with Gasteiger partial charge in [0.15, 0.2) is 5.82 Å². The summed E-state index contributed by atoms with van der Waals surface area (Å²) in [5.41, 5.74) is 6.45. The number of nitrogen functional groups attached to an aromatic ring is 1. The Balaban J connectivity index is 2.23. The lowest BCUT2D eigenvalue weighted by molar-refractivity contribution is 0.102. The summed E-state index contributed by atoms with van der Waals surface area (Å²) in [6.45, 7) is 0. The molecule has 0 unspecified atom stereocenters.